The van der Waals surface area contributed by atoms with Crippen molar-refractivity contribution in [3.05, 3.63) is 24.3 Å². The molecule has 1 nitrogen and oxygen atoms in total. The third-order valence-electron chi connectivity index (χ3n) is 2.26. The summed E-state index contributed by atoms with van der Waals surface area (Å²) in [6.07, 6.45) is 3.56. The molecular weight excluding hydrogens is 378 g/mol. The number of benzene rings is 1. The van der Waals surface area contributed by atoms with Crippen LogP contribution in [-0.2, 0) is 12.8 Å². The molecule has 1 aromatic rings. The summed E-state index contributed by atoms with van der Waals surface area (Å²) in [5.74, 6) is 0.469. The summed E-state index contributed by atoms with van der Waals surface area (Å²) in [5, 5.41) is 9.66. The van der Waals surface area contributed by atoms with Gasteiger partial charge in [0.25, 0.3) is 0 Å². The minimum absolute atomic E-state index is 0.469. The van der Waals surface area contributed by atoms with Crippen LogP contribution in [0.5, 0.6) is 5.75 Å². The lowest BCUT2D eigenvalue weighted by atomic mass is 10.1. The summed E-state index contributed by atoms with van der Waals surface area (Å²) in [6, 6.07) is 2.11. The Bertz CT molecular complexity index is 334. The lowest BCUT2D eigenvalue weighted by molar-refractivity contribution is 0.466. The Morgan fingerprint density at radius 1 is 1.25 bits per heavy atom. The molecule has 0 aliphatic heterocycles. The first-order valence-electron chi connectivity index (χ1n) is 3.89. The van der Waals surface area contributed by atoms with E-state index in [2.05, 4.69) is 51.2 Å². The number of fused-ring (bicyclic) bond motifs is 1. The van der Waals surface area contributed by atoms with Gasteiger partial charge < -0.3 is 5.11 Å². The molecule has 1 aliphatic rings. The largest absolute Gasteiger partial charge is 0.506 e. The molecule has 0 amide bonds. The number of aryl methyl sites for hydroxylation is 1. The van der Waals surface area contributed by atoms with Crippen LogP contribution < -0.4 is 0 Å². The molecule has 3 heteroatoms. The number of phenolic OH excluding ortho intramolecular Hbond substituents is 1. The third kappa shape index (κ3) is 1.34. The summed E-state index contributed by atoms with van der Waals surface area (Å²) in [7, 11) is 0. The van der Waals surface area contributed by atoms with Crippen molar-refractivity contribution in [1.82, 2.24) is 0 Å². The van der Waals surface area contributed by atoms with Crippen molar-refractivity contribution >= 4 is 45.2 Å². The highest BCUT2D eigenvalue weighted by atomic mass is 127. The normalized spacial score (nSPS) is 14.8. The van der Waals surface area contributed by atoms with Crippen molar-refractivity contribution in [3.8, 4) is 5.75 Å². The Morgan fingerprint density at radius 2 is 2.00 bits per heavy atom. The molecule has 0 spiro atoms. The van der Waals surface area contributed by atoms with Gasteiger partial charge in [-0.05, 0) is 81.6 Å². The first-order chi connectivity index (χ1) is 5.70. The predicted octanol–water partition coefficient (Wildman–Crippen LogP) is 3.09. The zero-order chi connectivity index (χ0) is 8.72. The van der Waals surface area contributed by atoms with E-state index in [4.69, 9.17) is 0 Å². The first-order valence-corrected chi connectivity index (χ1v) is 6.04. The van der Waals surface area contributed by atoms with Gasteiger partial charge in [0, 0.05) is 0 Å². The fourth-order valence-corrected chi connectivity index (χ4v) is 3.71. The third-order valence-corrected chi connectivity index (χ3v) is 4.24. The number of aromatic hydroxyl groups is 1. The summed E-state index contributed by atoms with van der Waals surface area (Å²) in [5.41, 5.74) is 2.80. The van der Waals surface area contributed by atoms with Crippen molar-refractivity contribution in [1.29, 1.82) is 0 Å². The standard InChI is InChI=1S/C9H8I2O/c10-7-4-5-2-1-3-6(5)8(11)9(7)12/h4,12H,1-3H2. The van der Waals surface area contributed by atoms with Gasteiger partial charge in [0.05, 0.1) is 7.14 Å². The van der Waals surface area contributed by atoms with Crippen molar-refractivity contribution in [2.75, 3.05) is 0 Å². The molecule has 1 aromatic carbocycles. The average molecular weight is 386 g/mol. The van der Waals surface area contributed by atoms with Crippen LogP contribution in [0, 0.1) is 7.14 Å². The topological polar surface area (TPSA) is 20.2 Å². The second kappa shape index (κ2) is 3.32. The number of rotatable bonds is 0. The summed E-state index contributed by atoms with van der Waals surface area (Å²) in [6.45, 7) is 0. The van der Waals surface area contributed by atoms with E-state index in [9.17, 15) is 5.11 Å². The minimum atomic E-state index is 0.469. The molecule has 0 fully saturated rings. The number of halogens is 2. The molecule has 0 unspecified atom stereocenters. The fourth-order valence-electron chi connectivity index (χ4n) is 1.65. The van der Waals surface area contributed by atoms with E-state index in [1.807, 2.05) is 0 Å². The van der Waals surface area contributed by atoms with Crippen molar-refractivity contribution < 1.29 is 5.11 Å². The fraction of sp³-hybridized carbons (Fsp3) is 0.333. The highest BCUT2D eigenvalue weighted by molar-refractivity contribution is 14.1. The highest BCUT2D eigenvalue weighted by Crippen LogP contribution is 2.35. The van der Waals surface area contributed by atoms with Crippen molar-refractivity contribution in [2.24, 2.45) is 0 Å². The van der Waals surface area contributed by atoms with Gasteiger partial charge in [-0.3, -0.25) is 0 Å². The molecule has 0 atom stereocenters. The van der Waals surface area contributed by atoms with Crippen LogP contribution in [0.2, 0.25) is 0 Å². The zero-order valence-electron chi connectivity index (χ0n) is 6.40. The van der Waals surface area contributed by atoms with E-state index in [-0.39, 0.29) is 0 Å². The molecule has 1 aliphatic carbocycles. The van der Waals surface area contributed by atoms with Crippen LogP contribution >= 0.6 is 45.2 Å². The molecule has 1 N–H and O–H groups in total. The summed E-state index contributed by atoms with van der Waals surface area (Å²) >= 11 is 4.43. The lowest BCUT2D eigenvalue weighted by Gasteiger charge is -2.06. The van der Waals surface area contributed by atoms with E-state index < -0.39 is 0 Å². The Balaban J connectivity index is 2.67. The quantitative estimate of drug-likeness (QED) is 0.680. The lowest BCUT2D eigenvalue weighted by Crippen LogP contribution is -1.90. The Hall–Kier alpha value is 0.480. The Kier molecular flexibility index (Phi) is 2.51. The molecule has 12 heavy (non-hydrogen) atoms. The molecule has 0 saturated heterocycles. The van der Waals surface area contributed by atoms with E-state index in [0.717, 1.165) is 13.6 Å². The molecule has 64 valence electrons. The maximum absolute atomic E-state index is 9.66. The van der Waals surface area contributed by atoms with Crippen LogP contribution in [0.4, 0.5) is 0 Å². The number of hydrogen-bond donors (Lipinski definition) is 1. The molecule has 0 saturated carbocycles. The van der Waals surface area contributed by atoms with Gasteiger partial charge >= 0.3 is 0 Å². The number of hydrogen-bond acceptors (Lipinski definition) is 1. The maximum Gasteiger partial charge on any atom is 0.142 e. The molecule has 2 rings (SSSR count). The van der Waals surface area contributed by atoms with Crippen LogP contribution in [0.1, 0.15) is 17.5 Å². The maximum atomic E-state index is 9.66. The van der Waals surface area contributed by atoms with Crippen LogP contribution in [-0.4, -0.2) is 5.11 Å². The minimum Gasteiger partial charge on any atom is -0.506 e. The van der Waals surface area contributed by atoms with E-state index in [1.54, 1.807) is 0 Å². The zero-order valence-corrected chi connectivity index (χ0v) is 10.7. The first kappa shape index (κ1) is 9.05. The Labute approximate surface area is 98.8 Å². The summed E-state index contributed by atoms with van der Waals surface area (Å²) < 4.78 is 2.05. The van der Waals surface area contributed by atoms with E-state index in [1.165, 1.54) is 24.0 Å². The molecular formula is C9H8I2O. The highest BCUT2D eigenvalue weighted by Gasteiger charge is 2.18. The van der Waals surface area contributed by atoms with Gasteiger partial charge in [-0.15, -0.1) is 0 Å². The SMILES string of the molecule is Oc1c(I)cc2c(c1I)CCC2. The van der Waals surface area contributed by atoms with Crippen LogP contribution in [0.25, 0.3) is 0 Å². The van der Waals surface area contributed by atoms with Gasteiger partial charge in [-0.2, -0.15) is 0 Å². The van der Waals surface area contributed by atoms with Crippen LogP contribution in [0.15, 0.2) is 6.07 Å². The van der Waals surface area contributed by atoms with E-state index in [0.29, 0.717) is 5.75 Å². The van der Waals surface area contributed by atoms with Crippen molar-refractivity contribution in [3.63, 3.8) is 0 Å². The van der Waals surface area contributed by atoms with Gasteiger partial charge in [0.1, 0.15) is 5.75 Å². The van der Waals surface area contributed by atoms with Gasteiger partial charge in [0.15, 0.2) is 0 Å². The molecule has 0 aromatic heterocycles. The smallest absolute Gasteiger partial charge is 0.142 e. The second-order valence-corrected chi connectivity index (χ2v) is 5.25. The molecule has 0 heterocycles. The van der Waals surface area contributed by atoms with Gasteiger partial charge in [-0.25, -0.2) is 0 Å². The van der Waals surface area contributed by atoms with Gasteiger partial charge in [0.2, 0.25) is 0 Å². The average Bonchev–Trinajstić information content (AvgIpc) is 2.48. The molecule has 0 radical (unpaired) electrons. The van der Waals surface area contributed by atoms with Gasteiger partial charge in [-0.1, -0.05) is 0 Å². The molecule has 0 bridgehead atoms. The summed E-state index contributed by atoms with van der Waals surface area (Å²) in [4.78, 5) is 0. The predicted molar refractivity (Wildman–Crippen MR) is 65.6 cm³/mol. The Morgan fingerprint density at radius 3 is 2.75 bits per heavy atom. The van der Waals surface area contributed by atoms with E-state index >= 15 is 0 Å². The second-order valence-electron chi connectivity index (χ2n) is 3.01. The van der Waals surface area contributed by atoms with Crippen molar-refractivity contribution in [2.45, 2.75) is 19.3 Å². The van der Waals surface area contributed by atoms with Crippen LogP contribution in [0.3, 0.4) is 0 Å². The monoisotopic (exact) mass is 386 g/mol. The number of phenols is 1.